The topological polar surface area (TPSA) is 60.6 Å². The van der Waals surface area contributed by atoms with Crippen LogP contribution in [-0.2, 0) is 22.1 Å². The van der Waals surface area contributed by atoms with E-state index in [0.717, 1.165) is 59.4 Å². The monoisotopic (exact) mass is 514 g/mol. The molecule has 0 radical (unpaired) electrons. The van der Waals surface area contributed by atoms with Crippen molar-refractivity contribution in [3.63, 3.8) is 0 Å². The van der Waals surface area contributed by atoms with Crippen LogP contribution in [0.5, 0.6) is 0 Å². The van der Waals surface area contributed by atoms with Gasteiger partial charge in [0.1, 0.15) is 6.04 Å². The maximum Gasteiger partial charge on any atom is 0.416 e. The minimum Gasteiger partial charge on any atom is -0.468 e. The molecule has 2 aromatic carbocycles. The molecule has 0 aliphatic carbocycles. The predicted octanol–water partition coefficient (Wildman–Crippen LogP) is 4.68. The fourth-order valence-corrected chi connectivity index (χ4v) is 6.02. The molecule has 1 saturated heterocycles. The standard InChI is InChI=1S/C28H33F3N4O2/c1-34(2)13-12-32-19-14-23(17-8-10-18(11-9-17)28(29,30)31)35-24(15-19)26-21(16-25(35)27(36)37-3)20-6-4-5-7-22(20)33-26/h4-11,19,23-25,32-33H,12-16H2,1-3H3/t19-,23+,24+,25+/m1/s1. The predicted molar refractivity (Wildman–Crippen MR) is 136 cm³/mol. The number of nitrogens with zero attached hydrogens (tertiary/aromatic N) is 2. The van der Waals surface area contributed by atoms with E-state index in [1.807, 2.05) is 32.3 Å². The van der Waals surface area contributed by atoms with Gasteiger partial charge in [-0.25, -0.2) is 0 Å². The molecule has 3 heterocycles. The molecule has 6 nitrogen and oxygen atoms in total. The summed E-state index contributed by atoms with van der Waals surface area (Å²) in [4.78, 5) is 21.0. The molecule has 0 spiro atoms. The Morgan fingerprint density at radius 1 is 1.11 bits per heavy atom. The van der Waals surface area contributed by atoms with Gasteiger partial charge in [0, 0.05) is 48.2 Å². The first kappa shape index (κ1) is 25.8. The minimum atomic E-state index is -4.40. The van der Waals surface area contributed by atoms with E-state index in [9.17, 15) is 18.0 Å². The van der Waals surface area contributed by atoms with Gasteiger partial charge in [-0.3, -0.25) is 9.69 Å². The SMILES string of the molecule is COC(=O)[C@@H]1Cc2c([nH]c3ccccc23)[C@@H]2C[C@H](NCCN(C)C)C[C@@H](c3ccc(C(F)(F)F)cc3)N12. The van der Waals surface area contributed by atoms with Crippen molar-refractivity contribution in [3.8, 4) is 0 Å². The van der Waals surface area contributed by atoms with E-state index in [-0.39, 0.29) is 24.1 Å². The van der Waals surface area contributed by atoms with Crippen molar-refractivity contribution < 1.29 is 22.7 Å². The molecule has 3 aromatic rings. The number of carbonyl (C=O) groups excluding carboxylic acids is 1. The molecular weight excluding hydrogens is 481 g/mol. The normalized spacial score (nSPS) is 24.2. The highest BCUT2D eigenvalue weighted by molar-refractivity contribution is 5.87. The van der Waals surface area contributed by atoms with E-state index in [1.165, 1.54) is 7.11 Å². The maximum atomic E-state index is 13.3. The number of rotatable bonds is 6. The minimum absolute atomic E-state index is 0.113. The third-order valence-electron chi connectivity index (χ3n) is 7.76. The number of H-pyrrole nitrogens is 1. The largest absolute Gasteiger partial charge is 0.468 e. The third kappa shape index (κ3) is 5.00. The summed E-state index contributed by atoms with van der Waals surface area (Å²) in [5, 5.41) is 4.76. The van der Waals surface area contributed by atoms with Crippen molar-refractivity contribution in [1.82, 2.24) is 20.1 Å². The summed E-state index contributed by atoms with van der Waals surface area (Å²) in [6, 6.07) is 12.7. The number of fused-ring (bicyclic) bond motifs is 5. The first-order valence-corrected chi connectivity index (χ1v) is 12.7. The number of halogens is 3. The smallest absolute Gasteiger partial charge is 0.416 e. The van der Waals surface area contributed by atoms with E-state index >= 15 is 0 Å². The molecule has 198 valence electrons. The van der Waals surface area contributed by atoms with Crippen LogP contribution in [0.1, 0.15) is 47.3 Å². The van der Waals surface area contributed by atoms with E-state index in [4.69, 9.17) is 4.74 Å². The number of aromatic nitrogens is 1. The van der Waals surface area contributed by atoms with Gasteiger partial charge in [-0.2, -0.15) is 13.2 Å². The van der Waals surface area contributed by atoms with Crippen molar-refractivity contribution in [2.45, 2.75) is 49.6 Å². The lowest BCUT2D eigenvalue weighted by Crippen LogP contribution is -2.56. The van der Waals surface area contributed by atoms with Gasteiger partial charge < -0.3 is 19.9 Å². The summed E-state index contributed by atoms with van der Waals surface area (Å²) in [6.07, 6.45) is -2.46. The van der Waals surface area contributed by atoms with Crippen LogP contribution in [-0.4, -0.2) is 67.1 Å². The summed E-state index contributed by atoms with van der Waals surface area (Å²) in [5.74, 6) is -0.322. The summed E-state index contributed by atoms with van der Waals surface area (Å²) < 4.78 is 45.1. The summed E-state index contributed by atoms with van der Waals surface area (Å²) >= 11 is 0. The van der Waals surface area contributed by atoms with Crippen LogP contribution in [0.2, 0.25) is 0 Å². The number of alkyl halides is 3. The number of ether oxygens (including phenoxy) is 1. The molecule has 2 aliphatic heterocycles. The van der Waals surface area contributed by atoms with Gasteiger partial charge in [0.05, 0.1) is 18.7 Å². The Morgan fingerprint density at radius 2 is 1.81 bits per heavy atom. The van der Waals surface area contributed by atoms with Crippen molar-refractivity contribution >= 4 is 16.9 Å². The number of hydrogen-bond donors (Lipinski definition) is 2. The second kappa shape index (κ2) is 10.1. The molecule has 37 heavy (non-hydrogen) atoms. The van der Waals surface area contributed by atoms with Gasteiger partial charge in [-0.1, -0.05) is 30.3 Å². The first-order chi connectivity index (χ1) is 17.7. The number of benzene rings is 2. The second-order valence-electron chi connectivity index (χ2n) is 10.3. The fraction of sp³-hybridized carbons (Fsp3) is 0.464. The van der Waals surface area contributed by atoms with E-state index in [2.05, 4.69) is 26.2 Å². The Labute approximate surface area is 214 Å². The van der Waals surface area contributed by atoms with Crippen molar-refractivity contribution in [1.29, 1.82) is 0 Å². The van der Waals surface area contributed by atoms with E-state index < -0.39 is 17.8 Å². The zero-order chi connectivity index (χ0) is 26.3. The Balaban J connectivity index is 1.58. The lowest BCUT2D eigenvalue weighted by Gasteiger charge is -2.50. The lowest BCUT2D eigenvalue weighted by molar-refractivity contribution is -0.152. The molecule has 1 aromatic heterocycles. The van der Waals surface area contributed by atoms with Crippen molar-refractivity contribution in [2.75, 3.05) is 34.3 Å². The maximum absolute atomic E-state index is 13.3. The lowest BCUT2D eigenvalue weighted by atomic mass is 9.79. The molecule has 1 fully saturated rings. The molecule has 0 unspecified atom stereocenters. The van der Waals surface area contributed by atoms with Crippen LogP contribution in [0, 0.1) is 0 Å². The summed E-state index contributed by atoms with van der Waals surface area (Å²) in [7, 11) is 5.44. The van der Waals surface area contributed by atoms with Gasteiger partial charge in [0.15, 0.2) is 0 Å². The van der Waals surface area contributed by atoms with Crippen LogP contribution in [0.15, 0.2) is 48.5 Å². The Bertz CT molecular complexity index is 1250. The molecular formula is C28H33F3N4O2. The van der Waals surface area contributed by atoms with E-state index in [0.29, 0.717) is 12.8 Å². The van der Waals surface area contributed by atoms with Gasteiger partial charge in [0.25, 0.3) is 0 Å². The second-order valence-corrected chi connectivity index (χ2v) is 10.3. The Morgan fingerprint density at radius 3 is 2.49 bits per heavy atom. The molecule has 9 heteroatoms. The van der Waals surface area contributed by atoms with Crippen molar-refractivity contribution in [2.24, 2.45) is 0 Å². The van der Waals surface area contributed by atoms with Crippen LogP contribution in [0.3, 0.4) is 0 Å². The zero-order valence-corrected chi connectivity index (χ0v) is 21.3. The number of methoxy groups -OCH3 is 1. The van der Waals surface area contributed by atoms with Gasteiger partial charge in [0.2, 0.25) is 0 Å². The number of aromatic amines is 1. The molecule has 4 atom stereocenters. The molecule has 0 saturated carbocycles. The highest BCUT2D eigenvalue weighted by Crippen LogP contribution is 2.49. The molecule has 2 N–H and O–H groups in total. The number of carbonyl (C=O) groups is 1. The van der Waals surface area contributed by atoms with E-state index in [1.54, 1.807) is 12.1 Å². The number of piperidine rings is 1. The first-order valence-electron chi connectivity index (χ1n) is 12.7. The Kier molecular flexibility index (Phi) is 7.04. The van der Waals surface area contributed by atoms with Crippen LogP contribution < -0.4 is 5.32 Å². The Hall–Kier alpha value is -2.88. The van der Waals surface area contributed by atoms with Gasteiger partial charge in [-0.15, -0.1) is 0 Å². The molecule has 0 bridgehead atoms. The average molecular weight is 515 g/mol. The van der Waals surface area contributed by atoms with Crippen molar-refractivity contribution in [3.05, 3.63) is 70.9 Å². The fourth-order valence-electron chi connectivity index (χ4n) is 6.02. The number of hydrogen-bond acceptors (Lipinski definition) is 5. The zero-order valence-electron chi connectivity index (χ0n) is 21.3. The van der Waals surface area contributed by atoms with Crippen LogP contribution in [0.4, 0.5) is 13.2 Å². The van der Waals surface area contributed by atoms with Crippen LogP contribution >= 0.6 is 0 Å². The highest BCUT2D eigenvalue weighted by Gasteiger charge is 2.48. The summed E-state index contributed by atoms with van der Waals surface area (Å²) in [6.45, 7) is 1.67. The van der Waals surface area contributed by atoms with Crippen LogP contribution in [0.25, 0.3) is 10.9 Å². The summed E-state index contributed by atoms with van der Waals surface area (Å²) in [5.41, 5.74) is 3.31. The quantitative estimate of drug-likeness (QED) is 0.468. The number of esters is 1. The van der Waals surface area contributed by atoms with Gasteiger partial charge >= 0.3 is 12.1 Å². The number of nitrogens with one attached hydrogen (secondary N) is 2. The number of para-hydroxylation sites is 1. The third-order valence-corrected chi connectivity index (χ3v) is 7.76. The average Bonchev–Trinajstić information content (AvgIpc) is 3.25. The molecule has 2 aliphatic rings. The number of likely N-dealkylation sites (N-methyl/N-ethyl adjacent to an activating group) is 1. The highest BCUT2D eigenvalue weighted by atomic mass is 19.4. The molecule has 0 amide bonds. The molecule has 5 rings (SSSR count). The van der Waals surface area contributed by atoms with Gasteiger partial charge in [-0.05, 0) is 56.3 Å².